The second-order valence-corrected chi connectivity index (χ2v) is 16.9. The fourth-order valence-corrected chi connectivity index (χ4v) is 14.1. The lowest BCUT2D eigenvalue weighted by Crippen LogP contribution is -2.56. The molecule has 4 nitrogen and oxygen atoms in total. The van der Waals surface area contributed by atoms with Crippen molar-refractivity contribution in [3.8, 4) is 0 Å². The van der Waals surface area contributed by atoms with E-state index >= 15 is 0 Å². The molecule has 1 unspecified atom stereocenters. The maximum Gasteiger partial charge on any atom is 0.402 e. The van der Waals surface area contributed by atoms with E-state index in [0.717, 1.165) is 0 Å². The Labute approximate surface area is 188 Å². The van der Waals surface area contributed by atoms with E-state index in [-0.39, 0.29) is 5.97 Å². The van der Waals surface area contributed by atoms with E-state index in [0.29, 0.717) is 36.3 Å². The van der Waals surface area contributed by atoms with E-state index in [1.54, 1.807) is 0 Å². The molecule has 0 aliphatic heterocycles. The van der Waals surface area contributed by atoms with Gasteiger partial charge in [-0.2, -0.15) is 0 Å². The van der Waals surface area contributed by atoms with Gasteiger partial charge in [0.1, 0.15) is 5.04 Å². The predicted octanol–water partition coefficient (Wildman–Crippen LogP) is 7.29. The molecule has 2 aliphatic carbocycles. The summed E-state index contributed by atoms with van der Waals surface area (Å²) >= 11 is 0. The molecule has 175 valence electrons. The summed E-state index contributed by atoms with van der Waals surface area (Å²) in [4.78, 5) is 14.0. The zero-order valence-corrected chi connectivity index (χ0v) is 22.6. The molecule has 0 amide bonds. The zero-order valence-electron chi connectivity index (χ0n) is 20.6. The van der Waals surface area contributed by atoms with Crippen LogP contribution in [0.4, 0.5) is 0 Å². The Morgan fingerprint density at radius 2 is 1.33 bits per heavy atom. The topological polar surface area (TPSA) is 44.8 Å². The number of rotatable bonds is 11. The minimum absolute atomic E-state index is 0.0164. The van der Waals surface area contributed by atoms with Crippen LogP contribution in [0.3, 0.4) is 0 Å². The Hall–Kier alpha value is -0.176. The molecule has 0 aromatic carbocycles. The van der Waals surface area contributed by atoms with Crippen LogP contribution in [0, 0.1) is 0 Å². The molecule has 0 spiro atoms. The Morgan fingerprint density at radius 3 is 1.67 bits per heavy atom. The van der Waals surface area contributed by atoms with E-state index in [1.165, 1.54) is 64.2 Å². The molecule has 0 aromatic rings. The Bertz CT molecular complexity index is 491. The minimum atomic E-state index is -2.30. The molecule has 2 saturated carbocycles. The van der Waals surface area contributed by atoms with Crippen molar-refractivity contribution in [2.24, 2.45) is 0 Å². The molecule has 2 rings (SSSR count). The maximum absolute atomic E-state index is 14.0. The van der Waals surface area contributed by atoms with Gasteiger partial charge in [-0.3, -0.25) is 4.79 Å². The highest BCUT2D eigenvalue weighted by molar-refractivity contribution is 6.79. The fourth-order valence-electron chi connectivity index (χ4n) is 5.94. The molecule has 0 saturated heterocycles. The second-order valence-electron chi connectivity index (χ2n) is 9.91. The first kappa shape index (κ1) is 26.1. The van der Waals surface area contributed by atoms with Gasteiger partial charge in [-0.05, 0) is 69.5 Å². The quantitative estimate of drug-likeness (QED) is 0.307. The van der Waals surface area contributed by atoms with Gasteiger partial charge in [-0.25, -0.2) is 0 Å². The molecule has 2 aliphatic rings. The van der Waals surface area contributed by atoms with Gasteiger partial charge in [-0.15, -0.1) is 0 Å². The molecule has 0 bridgehead atoms. The zero-order chi connectivity index (χ0) is 22.2. The second kappa shape index (κ2) is 12.2. The standard InChI is InChI=1S/C24H47O4Si2/c1-7-24(6,29(26-8-2)27-9-3)23(25)28-30(20(4)5,21-16-12-10-13-17-21)22-18-14-11-15-19-22/h20-22H,7-19H2,1-6H3. The van der Waals surface area contributed by atoms with Crippen molar-refractivity contribution in [2.45, 2.75) is 134 Å². The Balaban J connectivity index is 2.40. The van der Waals surface area contributed by atoms with Gasteiger partial charge in [0, 0.05) is 13.2 Å². The van der Waals surface area contributed by atoms with Gasteiger partial charge in [0.15, 0.2) is 0 Å². The van der Waals surface area contributed by atoms with Crippen LogP contribution >= 0.6 is 0 Å². The largest absolute Gasteiger partial charge is 0.518 e. The molecular formula is C24H47O4Si2. The van der Waals surface area contributed by atoms with Gasteiger partial charge in [-0.1, -0.05) is 59.3 Å². The lowest BCUT2D eigenvalue weighted by Gasteiger charge is -2.50. The van der Waals surface area contributed by atoms with Crippen LogP contribution in [-0.2, 0) is 18.1 Å². The SMILES string of the molecule is CCO[Si](OCC)C(C)(CC)C(=O)O[Si](C(C)C)(C1CCCCC1)C1CCCCC1. The molecule has 1 radical (unpaired) electrons. The van der Waals surface area contributed by atoms with Crippen molar-refractivity contribution in [1.82, 2.24) is 0 Å². The normalized spacial score (nSPS) is 21.7. The van der Waals surface area contributed by atoms with Gasteiger partial charge >= 0.3 is 9.28 Å². The van der Waals surface area contributed by atoms with Crippen LogP contribution in [0.2, 0.25) is 21.7 Å². The van der Waals surface area contributed by atoms with Crippen molar-refractivity contribution < 1.29 is 18.1 Å². The number of hydrogen-bond donors (Lipinski definition) is 0. The Morgan fingerprint density at radius 1 is 0.900 bits per heavy atom. The number of hydrogen-bond acceptors (Lipinski definition) is 4. The van der Waals surface area contributed by atoms with E-state index in [4.69, 9.17) is 13.3 Å². The fraction of sp³-hybridized carbons (Fsp3) is 0.958. The molecule has 30 heavy (non-hydrogen) atoms. The Kier molecular flexibility index (Phi) is 10.6. The molecule has 1 atom stereocenters. The predicted molar refractivity (Wildman–Crippen MR) is 128 cm³/mol. The van der Waals surface area contributed by atoms with Crippen LogP contribution in [-0.4, -0.2) is 36.8 Å². The van der Waals surface area contributed by atoms with Gasteiger partial charge < -0.3 is 13.3 Å². The van der Waals surface area contributed by atoms with E-state index in [1.807, 2.05) is 20.8 Å². The van der Waals surface area contributed by atoms with Crippen molar-refractivity contribution in [3.05, 3.63) is 0 Å². The first-order valence-electron chi connectivity index (χ1n) is 12.7. The summed E-state index contributed by atoms with van der Waals surface area (Å²) < 4.78 is 19.0. The van der Waals surface area contributed by atoms with E-state index < -0.39 is 22.6 Å². The number of carbonyl (C=O) groups excluding carboxylic acids is 1. The first-order chi connectivity index (χ1) is 14.4. The lowest BCUT2D eigenvalue weighted by molar-refractivity contribution is -0.140. The van der Waals surface area contributed by atoms with Crippen LogP contribution < -0.4 is 0 Å². The monoisotopic (exact) mass is 455 g/mol. The molecule has 0 N–H and O–H groups in total. The summed E-state index contributed by atoms with van der Waals surface area (Å²) in [5, 5.41) is -0.660. The third kappa shape index (κ3) is 5.59. The van der Waals surface area contributed by atoms with Crippen LogP contribution in [0.5, 0.6) is 0 Å². The summed E-state index contributed by atoms with van der Waals surface area (Å²) in [6.45, 7) is 14.0. The maximum atomic E-state index is 14.0. The van der Waals surface area contributed by atoms with Crippen molar-refractivity contribution in [1.29, 1.82) is 0 Å². The molecule has 2 fully saturated rings. The van der Waals surface area contributed by atoms with E-state index in [9.17, 15) is 4.79 Å². The molecule has 0 heterocycles. The lowest BCUT2D eigenvalue weighted by atomic mass is 9.99. The smallest absolute Gasteiger partial charge is 0.402 e. The summed E-state index contributed by atoms with van der Waals surface area (Å²) in [7, 11) is -4.04. The van der Waals surface area contributed by atoms with Gasteiger partial charge in [0.25, 0.3) is 14.3 Å². The molecular weight excluding hydrogens is 408 g/mol. The average Bonchev–Trinajstić information content (AvgIpc) is 2.77. The molecule has 0 aromatic heterocycles. The third-order valence-electron chi connectivity index (χ3n) is 7.82. The van der Waals surface area contributed by atoms with Crippen LogP contribution in [0.1, 0.15) is 112 Å². The van der Waals surface area contributed by atoms with Crippen LogP contribution in [0.15, 0.2) is 0 Å². The van der Waals surface area contributed by atoms with Gasteiger partial charge in [0.2, 0.25) is 0 Å². The molecule has 6 heteroatoms. The highest BCUT2D eigenvalue weighted by Crippen LogP contribution is 2.55. The van der Waals surface area contributed by atoms with Crippen molar-refractivity contribution in [2.75, 3.05) is 13.2 Å². The minimum Gasteiger partial charge on any atom is -0.518 e. The first-order valence-corrected chi connectivity index (χ1v) is 16.2. The van der Waals surface area contributed by atoms with E-state index in [2.05, 4.69) is 20.8 Å². The number of carbonyl (C=O) groups is 1. The van der Waals surface area contributed by atoms with Gasteiger partial charge in [0.05, 0.1) is 0 Å². The van der Waals surface area contributed by atoms with Crippen molar-refractivity contribution >= 4 is 23.6 Å². The summed E-state index contributed by atoms with van der Waals surface area (Å²) in [6, 6.07) is 0. The highest BCUT2D eigenvalue weighted by Gasteiger charge is 2.58. The summed E-state index contributed by atoms with van der Waals surface area (Å²) in [5.41, 5.74) is 1.70. The van der Waals surface area contributed by atoms with Crippen molar-refractivity contribution in [3.63, 3.8) is 0 Å². The third-order valence-corrected chi connectivity index (χ3v) is 16.4. The summed E-state index contributed by atoms with van der Waals surface area (Å²) in [6.07, 6.45) is 13.6. The average molecular weight is 456 g/mol. The highest BCUT2D eigenvalue weighted by atomic mass is 28.4. The summed E-state index contributed by atoms with van der Waals surface area (Å²) in [5.74, 6) is -0.0164. The van der Waals surface area contributed by atoms with Crippen LogP contribution in [0.25, 0.3) is 0 Å².